The third-order valence-electron chi connectivity index (χ3n) is 5.76. The third kappa shape index (κ3) is 5.56. The van der Waals surface area contributed by atoms with Crippen LogP contribution in [0.5, 0.6) is 0 Å². The summed E-state index contributed by atoms with van der Waals surface area (Å²) in [6, 6.07) is 9.62. The summed E-state index contributed by atoms with van der Waals surface area (Å²) in [7, 11) is 0. The predicted octanol–water partition coefficient (Wildman–Crippen LogP) is 7.15. The maximum absolute atomic E-state index is 14.7. The van der Waals surface area contributed by atoms with Crippen LogP contribution in [0, 0.1) is 23.4 Å². The molecule has 1 unspecified atom stereocenters. The second-order valence-corrected chi connectivity index (χ2v) is 10.7. The maximum Gasteiger partial charge on any atom is 0.258 e. The first-order valence-corrected chi connectivity index (χ1v) is 12.3. The summed E-state index contributed by atoms with van der Waals surface area (Å²) in [5.41, 5.74) is -1.21. The number of carbonyl (C=O) groups excluding carboxylic acids is 3. The highest BCUT2D eigenvalue weighted by Gasteiger charge is 2.67. The zero-order valence-electron chi connectivity index (χ0n) is 19.1. The minimum Gasteiger partial charge on any atom is -0.326 e. The highest BCUT2D eigenvalue weighted by molar-refractivity contribution is 6.53. The molecule has 13 heteroatoms. The highest BCUT2D eigenvalue weighted by Crippen LogP contribution is 2.65. The first-order chi connectivity index (χ1) is 17.8. The van der Waals surface area contributed by atoms with Gasteiger partial charge in [-0.1, -0.05) is 29.3 Å². The minimum atomic E-state index is -1.45. The van der Waals surface area contributed by atoms with E-state index in [2.05, 4.69) is 10.6 Å². The van der Waals surface area contributed by atoms with Crippen molar-refractivity contribution in [1.82, 2.24) is 0 Å². The molecule has 0 aromatic heterocycles. The molecule has 3 amide bonds. The molecule has 1 saturated carbocycles. The second-order valence-electron chi connectivity index (χ2n) is 8.41. The smallest absolute Gasteiger partial charge is 0.258 e. The topological polar surface area (TPSA) is 87.3 Å². The summed E-state index contributed by atoms with van der Waals surface area (Å²) in [5.74, 6) is -7.25. The first kappa shape index (κ1) is 28.0. The molecule has 0 aliphatic heterocycles. The van der Waals surface area contributed by atoms with Crippen LogP contribution in [-0.2, 0) is 9.59 Å². The number of rotatable bonds is 6. The van der Waals surface area contributed by atoms with E-state index in [1.54, 1.807) is 18.2 Å². The highest BCUT2D eigenvalue weighted by atomic mass is 35.5. The number of carbonyl (C=O) groups is 3. The average Bonchev–Trinajstić information content (AvgIpc) is 3.43. The summed E-state index contributed by atoms with van der Waals surface area (Å²) < 4.78 is 41.6. The van der Waals surface area contributed by atoms with Crippen molar-refractivity contribution in [3.63, 3.8) is 0 Å². The Morgan fingerprint density at radius 3 is 2.18 bits per heavy atom. The van der Waals surface area contributed by atoms with Crippen LogP contribution >= 0.6 is 46.4 Å². The van der Waals surface area contributed by atoms with Gasteiger partial charge in [-0.3, -0.25) is 14.4 Å². The fourth-order valence-electron chi connectivity index (χ4n) is 3.90. The van der Waals surface area contributed by atoms with E-state index in [0.29, 0.717) is 10.6 Å². The average molecular weight is 605 g/mol. The van der Waals surface area contributed by atoms with Crippen LogP contribution in [0.25, 0.3) is 0 Å². The first-order valence-electron chi connectivity index (χ1n) is 10.8. The van der Waals surface area contributed by atoms with E-state index in [0.717, 1.165) is 31.2 Å². The quantitative estimate of drug-likeness (QED) is 0.261. The number of hydrogen-bond donors (Lipinski definition) is 3. The molecule has 1 aliphatic carbocycles. The lowest BCUT2D eigenvalue weighted by atomic mass is 10.1. The van der Waals surface area contributed by atoms with Crippen LogP contribution < -0.4 is 16.0 Å². The van der Waals surface area contributed by atoms with Gasteiger partial charge in [0.1, 0.15) is 21.7 Å². The summed E-state index contributed by atoms with van der Waals surface area (Å²) in [5, 5.41) is 7.22. The van der Waals surface area contributed by atoms with Crippen molar-refractivity contribution in [2.45, 2.75) is 17.2 Å². The van der Waals surface area contributed by atoms with E-state index >= 15 is 0 Å². The van der Waals surface area contributed by atoms with Crippen LogP contribution in [-0.4, -0.2) is 22.1 Å². The monoisotopic (exact) mass is 603 g/mol. The molecule has 4 rings (SSSR count). The Morgan fingerprint density at radius 1 is 0.842 bits per heavy atom. The Balaban J connectivity index is 1.52. The van der Waals surface area contributed by atoms with Crippen LogP contribution in [0.15, 0.2) is 48.5 Å². The molecule has 3 aromatic rings. The molecule has 1 aliphatic rings. The van der Waals surface area contributed by atoms with Crippen LogP contribution in [0.2, 0.25) is 10.0 Å². The zero-order chi connectivity index (χ0) is 27.9. The van der Waals surface area contributed by atoms with Crippen molar-refractivity contribution in [2.75, 3.05) is 16.0 Å². The Kier molecular flexibility index (Phi) is 7.86. The van der Waals surface area contributed by atoms with Gasteiger partial charge in [-0.25, -0.2) is 13.2 Å². The molecule has 3 aromatic carbocycles. The number of alkyl halides is 2. The van der Waals surface area contributed by atoms with Gasteiger partial charge < -0.3 is 16.0 Å². The van der Waals surface area contributed by atoms with Crippen molar-refractivity contribution < 1.29 is 27.6 Å². The van der Waals surface area contributed by atoms with Gasteiger partial charge in [0.15, 0.2) is 5.82 Å². The predicted molar refractivity (Wildman–Crippen MR) is 141 cm³/mol. The maximum atomic E-state index is 14.7. The molecule has 38 heavy (non-hydrogen) atoms. The molecule has 0 spiro atoms. The van der Waals surface area contributed by atoms with Crippen molar-refractivity contribution in [3.8, 4) is 0 Å². The van der Waals surface area contributed by atoms with E-state index in [1.165, 1.54) is 6.07 Å². The number of anilines is 3. The lowest BCUT2D eigenvalue weighted by Gasteiger charge is -2.12. The van der Waals surface area contributed by atoms with Gasteiger partial charge in [0.25, 0.3) is 5.91 Å². The number of amides is 3. The van der Waals surface area contributed by atoms with E-state index in [1.807, 2.05) is 5.32 Å². The molecule has 0 saturated heterocycles. The van der Waals surface area contributed by atoms with Crippen molar-refractivity contribution in [2.24, 2.45) is 5.92 Å². The normalized spacial score (nSPS) is 17.5. The summed E-state index contributed by atoms with van der Waals surface area (Å²) in [6.07, 6.45) is 0. The Morgan fingerprint density at radius 2 is 1.53 bits per heavy atom. The minimum absolute atomic E-state index is 0.0315. The Bertz CT molecular complexity index is 1490. The van der Waals surface area contributed by atoms with Gasteiger partial charge >= 0.3 is 0 Å². The molecular weight excluding hydrogens is 589 g/mol. The second kappa shape index (κ2) is 10.6. The summed E-state index contributed by atoms with van der Waals surface area (Å²) in [6.45, 7) is 1.05. The van der Waals surface area contributed by atoms with Gasteiger partial charge in [-0.05, 0) is 48.0 Å². The van der Waals surface area contributed by atoms with Crippen LogP contribution in [0.3, 0.4) is 0 Å². The lowest BCUT2D eigenvalue weighted by molar-refractivity contribution is -0.117. The van der Waals surface area contributed by atoms with Crippen molar-refractivity contribution in [3.05, 3.63) is 87.2 Å². The van der Waals surface area contributed by atoms with Gasteiger partial charge in [0.05, 0.1) is 27.2 Å². The van der Waals surface area contributed by atoms with Gasteiger partial charge in [0.2, 0.25) is 11.8 Å². The lowest BCUT2D eigenvalue weighted by Crippen LogP contribution is -2.19. The number of benzene rings is 3. The zero-order valence-corrected chi connectivity index (χ0v) is 22.2. The molecule has 0 heterocycles. The molecule has 0 radical (unpaired) electrons. The SMILES string of the molecule is CC(=O)Nc1c(F)ccc(NC(=O)c2cc(NC(=O)C3[C@H](c4ccc(Cl)c(Cl)c4)C3(Cl)Cl)ccc2F)c1F. The van der Waals surface area contributed by atoms with Crippen molar-refractivity contribution >= 4 is 81.2 Å². The summed E-state index contributed by atoms with van der Waals surface area (Å²) in [4.78, 5) is 36.9. The van der Waals surface area contributed by atoms with E-state index in [4.69, 9.17) is 46.4 Å². The van der Waals surface area contributed by atoms with E-state index < -0.39 is 68.3 Å². The number of hydrogen-bond acceptors (Lipinski definition) is 3. The van der Waals surface area contributed by atoms with Crippen LogP contribution in [0.1, 0.15) is 28.8 Å². The van der Waals surface area contributed by atoms with Crippen LogP contribution in [0.4, 0.5) is 30.2 Å². The number of nitrogens with one attached hydrogen (secondary N) is 3. The third-order valence-corrected chi connectivity index (χ3v) is 7.44. The largest absolute Gasteiger partial charge is 0.326 e. The molecule has 1 fully saturated rings. The summed E-state index contributed by atoms with van der Waals surface area (Å²) >= 11 is 24.7. The van der Waals surface area contributed by atoms with E-state index in [9.17, 15) is 27.6 Å². The van der Waals surface area contributed by atoms with Gasteiger partial charge in [0, 0.05) is 18.5 Å². The van der Waals surface area contributed by atoms with Gasteiger partial charge in [-0.15, -0.1) is 23.2 Å². The van der Waals surface area contributed by atoms with E-state index in [-0.39, 0.29) is 10.7 Å². The standard InChI is InChI=1S/C25H16Cl4F3N3O3/c1-10(36)33-22-17(31)6-7-18(21(22)32)35-23(37)13-9-12(3-5-16(13)30)34-24(38)20-19(25(20,28)29)11-2-4-14(26)15(27)8-11/h2-9,19-20H,1H3,(H,33,36)(H,34,38)(H,35,37)/t19-,20?/m0/s1. The van der Waals surface area contributed by atoms with Crippen molar-refractivity contribution in [1.29, 1.82) is 0 Å². The fraction of sp³-hybridized carbons (Fsp3) is 0.160. The Hall–Kier alpha value is -2.98. The molecule has 3 N–H and O–H groups in total. The number of halogens is 7. The van der Waals surface area contributed by atoms with Gasteiger partial charge in [-0.2, -0.15) is 0 Å². The molecule has 2 atom stereocenters. The Labute approximate surface area is 234 Å². The molecule has 0 bridgehead atoms. The molecule has 198 valence electrons. The molecule has 6 nitrogen and oxygen atoms in total. The fourth-order valence-corrected chi connectivity index (χ4v) is 5.03. The molecular formula is C25H16Cl4F3N3O3.